The summed E-state index contributed by atoms with van der Waals surface area (Å²) >= 11 is 12.2. The minimum Gasteiger partial charge on any atom is -0.370 e. The summed E-state index contributed by atoms with van der Waals surface area (Å²) in [5.74, 6) is 0.0749. The molecule has 0 spiro atoms. The zero-order chi connectivity index (χ0) is 16.4. The van der Waals surface area contributed by atoms with Gasteiger partial charge in [0, 0.05) is 24.3 Å². The van der Waals surface area contributed by atoms with Crippen LogP contribution >= 0.6 is 23.2 Å². The van der Waals surface area contributed by atoms with E-state index in [4.69, 9.17) is 33.7 Å². The van der Waals surface area contributed by atoms with Gasteiger partial charge in [-0.3, -0.25) is 4.79 Å². The van der Waals surface area contributed by atoms with E-state index in [9.17, 15) is 4.79 Å². The fraction of sp³-hybridized carbons (Fsp3) is 0.250. The smallest absolute Gasteiger partial charge is 0.250 e. The quantitative estimate of drug-likeness (QED) is 0.922. The number of amides is 1. The molecule has 1 aliphatic heterocycles. The van der Waals surface area contributed by atoms with E-state index in [-0.39, 0.29) is 6.10 Å². The van der Waals surface area contributed by atoms with Crippen LogP contribution in [0.2, 0.25) is 10.0 Å². The number of pyridine rings is 1. The summed E-state index contributed by atoms with van der Waals surface area (Å²) in [7, 11) is 0. The van der Waals surface area contributed by atoms with Gasteiger partial charge in [0.25, 0.3) is 0 Å². The Bertz CT molecular complexity index is 722. The van der Waals surface area contributed by atoms with Gasteiger partial charge >= 0.3 is 0 Å². The summed E-state index contributed by atoms with van der Waals surface area (Å²) in [6, 6.07) is 9.11. The zero-order valence-corrected chi connectivity index (χ0v) is 13.7. The van der Waals surface area contributed by atoms with Crippen LogP contribution in [0.15, 0.2) is 36.5 Å². The number of halogens is 2. The third kappa shape index (κ3) is 3.58. The maximum atomic E-state index is 11.2. The van der Waals surface area contributed by atoms with E-state index in [2.05, 4.69) is 4.98 Å². The lowest BCUT2D eigenvalue weighted by Gasteiger charge is -2.34. The summed E-state index contributed by atoms with van der Waals surface area (Å²) in [5.41, 5.74) is 6.58. The lowest BCUT2D eigenvalue weighted by Crippen LogP contribution is -2.39. The van der Waals surface area contributed by atoms with E-state index in [1.54, 1.807) is 6.07 Å². The standard InChI is InChI=1S/C16H15Cl2N3O2/c17-12-3-1-10(2-4-12)14-9-21(5-6-23-14)16-13(18)7-11(8-20-16)15(19)22/h1-4,7-8,14H,5-6,9H2,(H2,19,22)/t14-/m0/s1. The van der Waals surface area contributed by atoms with Crippen molar-refractivity contribution in [2.75, 3.05) is 24.6 Å². The van der Waals surface area contributed by atoms with Crippen LogP contribution in [0.1, 0.15) is 22.0 Å². The zero-order valence-electron chi connectivity index (χ0n) is 12.2. The minimum atomic E-state index is -0.549. The molecular weight excluding hydrogens is 337 g/mol. The number of nitrogens with zero attached hydrogens (tertiary/aromatic N) is 2. The van der Waals surface area contributed by atoms with Crippen molar-refractivity contribution < 1.29 is 9.53 Å². The van der Waals surface area contributed by atoms with Crippen LogP contribution in [0.4, 0.5) is 5.82 Å². The van der Waals surface area contributed by atoms with E-state index in [0.29, 0.717) is 41.1 Å². The number of carbonyl (C=O) groups excluding carboxylic acids is 1. The van der Waals surface area contributed by atoms with Crippen LogP contribution in [0, 0.1) is 0 Å². The van der Waals surface area contributed by atoms with Gasteiger partial charge in [0.05, 0.1) is 17.2 Å². The van der Waals surface area contributed by atoms with Crippen LogP contribution in [0.3, 0.4) is 0 Å². The Morgan fingerprint density at radius 2 is 2.04 bits per heavy atom. The predicted molar refractivity (Wildman–Crippen MR) is 90.1 cm³/mol. The average Bonchev–Trinajstić information content (AvgIpc) is 2.55. The second-order valence-corrected chi connectivity index (χ2v) is 6.09. The second-order valence-electron chi connectivity index (χ2n) is 5.25. The topological polar surface area (TPSA) is 68.5 Å². The van der Waals surface area contributed by atoms with Gasteiger partial charge in [-0.25, -0.2) is 4.98 Å². The van der Waals surface area contributed by atoms with Gasteiger partial charge in [-0.15, -0.1) is 0 Å². The molecule has 0 radical (unpaired) electrons. The Balaban J connectivity index is 1.81. The largest absolute Gasteiger partial charge is 0.370 e. The molecule has 1 aliphatic rings. The Hall–Kier alpha value is -1.82. The summed E-state index contributed by atoms with van der Waals surface area (Å²) in [6.45, 7) is 1.85. The molecule has 3 rings (SSSR count). The molecule has 1 aromatic heterocycles. The average molecular weight is 352 g/mol. The summed E-state index contributed by atoms with van der Waals surface area (Å²) < 4.78 is 5.83. The van der Waals surface area contributed by atoms with Crippen LogP contribution in [-0.4, -0.2) is 30.6 Å². The van der Waals surface area contributed by atoms with Crippen LogP contribution in [-0.2, 0) is 4.74 Å². The Morgan fingerprint density at radius 1 is 1.30 bits per heavy atom. The van der Waals surface area contributed by atoms with E-state index < -0.39 is 5.91 Å². The molecule has 7 heteroatoms. The van der Waals surface area contributed by atoms with Crippen LogP contribution in [0.5, 0.6) is 0 Å². The SMILES string of the molecule is NC(=O)c1cnc(N2CCO[C@H](c3ccc(Cl)cc3)C2)c(Cl)c1. The van der Waals surface area contributed by atoms with Crippen LogP contribution in [0.25, 0.3) is 0 Å². The van der Waals surface area contributed by atoms with Crippen molar-refractivity contribution in [1.29, 1.82) is 0 Å². The number of primary amides is 1. The molecule has 2 N–H and O–H groups in total. The highest BCUT2D eigenvalue weighted by molar-refractivity contribution is 6.33. The van der Waals surface area contributed by atoms with E-state index in [0.717, 1.165) is 5.56 Å². The van der Waals surface area contributed by atoms with Gasteiger partial charge in [0.15, 0.2) is 0 Å². The molecule has 2 heterocycles. The van der Waals surface area contributed by atoms with E-state index >= 15 is 0 Å². The van der Waals surface area contributed by atoms with Crippen molar-refractivity contribution in [3.63, 3.8) is 0 Å². The maximum Gasteiger partial charge on any atom is 0.250 e. The molecule has 1 atom stereocenters. The number of carbonyl (C=O) groups is 1. The van der Waals surface area contributed by atoms with Crippen molar-refractivity contribution in [1.82, 2.24) is 4.98 Å². The van der Waals surface area contributed by atoms with Gasteiger partial charge in [-0.05, 0) is 23.8 Å². The molecule has 5 nitrogen and oxygen atoms in total. The molecule has 0 bridgehead atoms. The van der Waals surface area contributed by atoms with Crippen molar-refractivity contribution in [2.24, 2.45) is 5.73 Å². The van der Waals surface area contributed by atoms with Crippen molar-refractivity contribution in [3.05, 3.63) is 57.7 Å². The molecule has 120 valence electrons. The van der Waals surface area contributed by atoms with Gasteiger partial charge < -0.3 is 15.4 Å². The first-order valence-electron chi connectivity index (χ1n) is 7.12. The molecule has 1 aromatic carbocycles. The van der Waals surface area contributed by atoms with Crippen molar-refractivity contribution in [2.45, 2.75) is 6.10 Å². The number of benzene rings is 1. The fourth-order valence-electron chi connectivity index (χ4n) is 2.52. The van der Waals surface area contributed by atoms with E-state index in [1.165, 1.54) is 6.20 Å². The fourth-order valence-corrected chi connectivity index (χ4v) is 2.93. The minimum absolute atomic E-state index is 0.0882. The van der Waals surface area contributed by atoms with E-state index in [1.807, 2.05) is 29.2 Å². The molecule has 1 amide bonds. The third-order valence-corrected chi connectivity index (χ3v) is 4.24. The maximum absolute atomic E-state index is 11.2. The van der Waals surface area contributed by atoms with Crippen LogP contribution < -0.4 is 10.6 Å². The number of hydrogen-bond donors (Lipinski definition) is 1. The molecular formula is C16H15Cl2N3O2. The second kappa shape index (κ2) is 6.74. The number of anilines is 1. The highest BCUT2D eigenvalue weighted by Gasteiger charge is 2.24. The van der Waals surface area contributed by atoms with Crippen molar-refractivity contribution >= 4 is 34.9 Å². The third-order valence-electron chi connectivity index (χ3n) is 3.71. The number of nitrogens with two attached hydrogens (primary N) is 1. The lowest BCUT2D eigenvalue weighted by molar-refractivity contribution is 0.0395. The molecule has 1 saturated heterocycles. The summed E-state index contributed by atoms with van der Waals surface area (Å²) in [6.07, 6.45) is 1.35. The van der Waals surface area contributed by atoms with Crippen molar-refractivity contribution in [3.8, 4) is 0 Å². The number of ether oxygens (including phenoxy) is 1. The first kappa shape index (κ1) is 16.1. The molecule has 0 unspecified atom stereocenters. The van der Waals surface area contributed by atoms with Gasteiger partial charge in [0.1, 0.15) is 11.9 Å². The first-order valence-corrected chi connectivity index (χ1v) is 7.87. The highest BCUT2D eigenvalue weighted by Crippen LogP contribution is 2.30. The normalized spacial score (nSPS) is 18.0. The number of hydrogen-bond acceptors (Lipinski definition) is 4. The lowest BCUT2D eigenvalue weighted by atomic mass is 10.1. The Morgan fingerprint density at radius 3 is 2.70 bits per heavy atom. The first-order chi connectivity index (χ1) is 11.0. The summed E-state index contributed by atoms with van der Waals surface area (Å²) in [5, 5.41) is 1.09. The Kier molecular flexibility index (Phi) is 4.71. The summed E-state index contributed by atoms with van der Waals surface area (Å²) in [4.78, 5) is 17.5. The molecule has 1 fully saturated rings. The monoisotopic (exact) mass is 351 g/mol. The number of morpholine rings is 1. The highest BCUT2D eigenvalue weighted by atomic mass is 35.5. The molecule has 23 heavy (non-hydrogen) atoms. The molecule has 0 aliphatic carbocycles. The molecule has 2 aromatic rings. The Labute approximate surface area is 144 Å². The van der Waals surface area contributed by atoms with Gasteiger partial charge in [0.2, 0.25) is 5.91 Å². The van der Waals surface area contributed by atoms with Gasteiger partial charge in [-0.1, -0.05) is 35.3 Å². The van der Waals surface area contributed by atoms with Gasteiger partial charge in [-0.2, -0.15) is 0 Å². The number of rotatable bonds is 3. The molecule has 0 saturated carbocycles. The number of aromatic nitrogens is 1. The predicted octanol–water partition coefficient (Wildman–Crippen LogP) is 3.07.